The van der Waals surface area contributed by atoms with E-state index in [0.717, 1.165) is 39.0 Å². The first-order chi connectivity index (χ1) is 30.6. The minimum absolute atomic E-state index is 0.0396. The van der Waals surface area contributed by atoms with Gasteiger partial charge in [-0.05, 0) is 127 Å². The SMILES string of the molecule is CC(C)(C)c1ccc(N2c3sc4cc5c(cc4c3[B]c3c(-c4cccc6c4Nc4ccccc4C6(C)C)cc4c(oc6ccccc64)c32)C(C)(C)CCC5(C)C)c(-c2ccccc2)c1. The van der Waals surface area contributed by atoms with Crippen LogP contribution in [-0.2, 0) is 21.7 Å². The summed E-state index contributed by atoms with van der Waals surface area (Å²) in [6.45, 7) is 21.5. The molecule has 0 bridgehead atoms. The molecule has 3 nitrogen and oxygen atoms in total. The van der Waals surface area contributed by atoms with Crippen LogP contribution in [0.3, 0.4) is 0 Å². The van der Waals surface area contributed by atoms with E-state index in [1.807, 2.05) is 11.3 Å². The fourth-order valence-corrected chi connectivity index (χ4v) is 12.5. The third kappa shape index (κ3) is 5.72. The molecule has 2 aromatic heterocycles. The van der Waals surface area contributed by atoms with Crippen LogP contribution in [0.2, 0.25) is 0 Å². The van der Waals surface area contributed by atoms with Gasteiger partial charge in [0.25, 0.3) is 0 Å². The van der Waals surface area contributed by atoms with Gasteiger partial charge in [-0.3, -0.25) is 4.90 Å². The zero-order valence-electron chi connectivity index (χ0n) is 38.5. The molecule has 5 heteroatoms. The highest BCUT2D eigenvalue weighted by Crippen LogP contribution is 2.55. The summed E-state index contributed by atoms with van der Waals surface area (Å²) in [6, 6.07) is 50.0. The fourth-order valence-electron chi connectivity index (χ4n) is 11.3. The molecule has 0 spiro atoms. The van der Waals surface area contributed by atoms with Crippen LogP contribution in [0.5, 0.6) is 0 Å². The minimum atomic E-state index is -0.203. The van der Waals surface area contributed by atoms with Crippen molar-refractivity contribution in [1.82, 2.24) is 0 Å². The van der Waals surface area contributed by atoms with Crippen molar-refractivity contribution < 1.29 is 4.42 Å². The maximum absolute atomic E-state index is 7.16. The van der Waals surface area contributed by atoms with Gasteiger partial charge in [-0.25, -0.2) is 0 Å². The van der Waals surface area contributed by atoms with E-state index in [1.165, 1.54) is 94.6 Å². The van der Waals surface area contributed by atoms with E-state index in [1.54, 1.807) is 0 Å². The normalized spacial score (nSPS) is 16.7. The Kier molecular flexibility index (Phi) is 8.34. The van der Waals surface area contributed by atoms with Crippen molar-refractivity contribution in [1.29, 1.82) is 0 Å². The van der Waals surface area contributed by atoms with Gasteiger partial charge in [0.1, 0.15) is 5.58 Å². The number of para-hydroxylation sites is 3. The predicted molar refractivity (Wildman–Crippen MR) is 276 cm³/mol. The molecule has 3 aliphatic rings. The van der Waals surface area contributed by atoms with E-state index < -0.39 is 0 Å². The van der Waals surface area contributed by atoms with E-state index >= 15 is 0 Å². The third-order valence-electron chi connectivity index (χ3n) is 15.2. The van der Waals surface area contributed by atoms with Crippen molar-refractivity contribution in [3.63, 3.8) is 0 Å². The molecule has 1 N–H and O–H groups in total. The number of hydrogen-bond donors (Lipinski definition) is 1. The standard InChI is InChI=1S/C59H54BN2OS/c1-56(2,3)35-26-27-47(38(30-35)34-18-11-10-12-19-34)62-53-50(60-51-41-32-44-45(33-49(41)64-55(51)62)58(6,7)29-28-57(44,4)5)39(31-40-36-20-13-16-25-48(36)63-54(40)53)37-21-17-23-43-52(37)61-46-24-15-14-22-42(46)59(43,8)9/h10-27,30-33,61H,28-29H2,1-9H3. The summed E-state index contributed by atoms with van der Waals surface area (Å²) in [4.78, 5) is 2.59. The Morgan fingerprint density at radius 3 is 2.09 bits per heavy atom. The smallest absolute Gasteiger partial charge is 0.200 e. The Hall–Kier alpha value is -6.04. The van der Waals surface area contributed by atoms with Crippen LogP contribution in [0.15, 0.2) is 138 Å². The van der Waals surface area contributed by atoms with Gasteiger partial charge in [-0.2, -0.15) is 0 Å². The number of furan rings is 1. The third-order valence-corrected chi connectivity index (χ3v) is 16.3. The molecule has 0 amide bonds. The van der Waals surface area contributed by atoms with Gasteiger partial charge in [0.2, 0.25) is 0 Å². The lowest BCUT2D eigenvalue weighted by atomic mass is 9.57. The Bertz CT molecular complexity index is 3410. The molecule has 315 valence electrons. The van der Waals surface area contributed by atoms with E-state index in [4.69, 9.17) is 4.42 Å². The number of anilines is 5. The molecule has 2 aliphatic heterocycles. The van der Waals surface area contributed by atoms with Gasteiger partial charge in [-0.15, -0.1) is 11.3 Å². The Balaban J connectivity index is 1.23. The molecular formula is C59H54BN2OS. The van der Waals surface area contributed by atoms with Gasteiger partial charge >= 0.3 is 0 Å². The van der Waals surface area contributed by atoms with Crippen LogP contribution in [0.1, 0.15) is 103 Å². The number of nitrogens with one attached hydrogen (secondary N) is 1. The topological polar surface area (TPSA) is 28.4 Å². The highest BCUT2D eigenvalue weighted by atomic mass is 32.1. The number of thiophene rings is 1. The lowest BCUT2D eigenvalue weighted by molar-refractivity contribution is 0.332. The first-order valence-corrected chi connectivity index (χ1v) is 23.9. The minimum Gasteiger partial charge on any atom is -0.454 e. The molecule has 4 heterocycles. The summed E-state index contributed by atoms with van der Waals surface area (Å²) in [5.74, 6) is 0. The van der Waals surface area contributed by atoms with Gasteiger partial charge in [0, 0.05) is 37.7 Å². The average molecular weight is 850 g/mol. The molecule has 1 aliphatic carbocycles. The maximum Gasteiger partial charge on any atom is 0.200 e. The van der Waals surface area contributed by atoms with Gasteiger partial charge in [-0.1, -0.05) is 153 Å². The van der Waals surface area contributed by atoms with Gasteiger partial charge in [0.05, 0.1) is 22.1 Å². The first kappa shape index (κ1) is 39.5. The molecule has 0 unspecified atom stereocenters. The van der Waals surface area contributed by atoms with Crippen molar-refractivity contribution in [2.24, 2.45) is 0 Å². The molecule has 9 aromatic rings. The Morgan fingerprint density at radius 2 is 1.31 bits per heavy atom. The zero-order chi connectivity index (χ0) is 44.1. The molecule has 7 aromatic carbocycles. The van der Waals surface area contributed by atoms with E-state index in [0.29, 0.717) is 0 Å². The molecule has 0 fully saturated rings. The number of fused-ring (bicyclic) bond motifs is 11. The quantitative estimate of drug-likeness (QED) is 0.180. The second-order valence-electron chi connectivity index (χ2n) is 21.5. The van der Waals surface area contributed by atoms with Gasteiger partial charge < -0.3 is 9.73 Å². The van der Waals surface area contributed by atoms with Crippen LogP contribution >= 0.6 is 11.3 Å². The lowest BCUT2D eigenvalue weighted by Gasteiger charge is -2.42. The summed E-state index contributed by atoms with van der Waals surface area (Å²) in [6.07, 6.45) is 2.35. The number of rotatable bonds is 3. The van der Waals surface area contributed by atoms with Crippen LogP contribution in [0.4, 0.5) is 27.8 Å². The highest BCUT2D eigenvalue weighted by molar-refractivity contribution is 7.25. The van der Waals surface area contributed by atoms with Crippen molar-refractivity contribution >= 4 is 89.3 Å². The molecule has 0 saturated heterocycles. The second kappa shape index (κ2) is 13.5. The van der Waals surface area contributed by atoms with Crippen molar-refractivity contribution in [3.05, 3.63) is 161 Å². The largest absolute Gasteiger partial charge is 0.454 e. The first-order valence-electron chi connectivity index (χ1n) is 23.1. The van der Waals surface area contributed by atoms with E-state index in [-0.39, 0.29) is 21.7 Å². The maximum atomic E-state index is 7.16. The summed E-state index contributed by atoms with van der Waals surface area (Å²) < 4.78 is 8.49. The lowest BCUT2D eigenvalue weighted by Crippen LogP contribution is -2.40. The van der Waals surface area contributed by atoms with Gasteiger partial charge in [0.15, 0.2) is 12.9 Å². The predicted octanol–water partition coefficient (Wildman–Crippen LogP) is 15.6. The number of nitrogens with zero attached hydrogens (tertiary/aromatic N) is 1. The molecular weight excluding hydrogens is 796 g/mol. The van der Waals surface area contributed by atoms with Crippen LogP contribution in [0.25, 0.3) is 54.3 Å². The summed E-state index contributed by atoms with van der Waals surface area (Å²) >= 11 is 1.93. The summed E-state index contributed by atoms with van der Waals surface area (Å²) in [5, 5.41) is 8.78. The summed E-state index contributed by atoms with van der Waals surface area (Å²) in [5.41, 5.74) is 20.4. The van der Waals surface area contributed by atoms with Crippen molar-refractivity contribution in [3.8, 4) is 22.3 Å². The van der Waals surface area contributed by atoms with Crippen LogP contribution in [0, 0.1) is 0 Å². The Labute approximate surface area is 382 Å². The molecule has 0 saturated carbocycles. The fraction of sp³-hybridized carbons (Fsp3) is 0.254. The highest BCUT2D eigenvalue weighted by Gasteiger charge is 2.41. The van der Waals surface area contributed by atoms with Crippen LogP contribution < -0.4 is 21.1 Å². The summed E-state index contributed by atoms with van der Waals surface area (Å²) in [7, 11) is 2.52. The van der Waals surface area contributed by atoms with Crippen molar-refractivity contribution in [2.45, 2.75) is 96.8 Å². The van der Waals surface area contributed by atoms with E-state index in [2.05, 4.69) is 213 Å². The monoisotopic (exact) mass is 849 g/mol. The molecule has 0 atom stereocenters. The van der Waals surface area contributed by atoms with Crippen LogP contribution in [-0.4, -0.2) is 7.28 Å². The Morgan fingerprint density at radius 1 is 0.609 bits per heavy atom. The average Bonchev–Trinajstić information content (AvgIpc) is 3.84. The second-order valence-corrected chi connectivity index (χ2v) is 22.5. The molecule has 64 heavy (non-hydrogen) atoms. The number of benzene rings is 7. The number of hydrogen-bond acceptors (Lipinski definition) is 4. The molecule has 12 rings (SSSR count). The van der Waals surface area contributed by atoms with E-state index in [9.17, 15) is 0 Å². The molecule has 1 radical (unpaired) electrons. The van der Waals surface area contributed by atoms with Crippen molar-refractivity contribution in [2.75, 3.05) is 10.2 Å². The zero-order valence-corrected chi connectivity index (χ0v) is 39.3.